The number of aromatic nitrogens is 2. The van der Waals surface area contributed by atoms with E-state index in [1.54, 1.807) is 6.33 Å². The van der Waals surface area contributed by atoms with Crippen molar-refractivity contribution in [3.05, 3.63) is 12.4 Å². The van der Waals surface area contributed by atoms with E-state index in [1.165, 1.54) is 6.42 Å². The summed E-state index contributed by atoms with van der Waals surface area (Å²) in [5.74, 6) is 1.97. The Morgan fingerprint density at radius 1 is 1.29 bits per heavy atom. The molecular weight excluding hydrogens is 266 g/mol. The smallest absolute Gasteiger partial charge is 0.134 e. The van der Waals surface area contributed by atoms with Crippen LogP contribution in [-0.2, 0) is 4.74 Å². The average Bonchev–Trinajstić information content (AvgIpc) is 3.04. The van der Waals surface area contributed by atoms with E-state index in [0.29, 0.717) is 6.04 Å². The predicted octanol–water partition coefficient (Wildman–Crippen LogP) is 1.21. The van der Waals surface area contributed by atoms with E-state index in [9.17, 15) is 0 Å². The van der Waals surface area contributed by atoms with E-state index >= 15 is 0 Å². The van der Waals surface area contributed by atoms with Gasteiger partial charge in [0.05, 0.1) is 13.2 Å². The van der Waals surface area contributed by atoms with E-state index in [1.807, 2.05) is 0 Å². The number of nitrogens with zero attached hydrogens (tertiary/aromatic N) is 4. The minimum absolute atomic E-state index is 0.635. The summed E-state index contributed by atoms with van der Waals surface area (Å²) in [7, 11) is 0. The number of ether oxygens (including phenoxy) is 1. The molecule has 0 aromatic carbocycles. The molecule has 2 aliphatic heterocycles. The van der Waals surface area contributed by atoms with Crippen LogP contribution in [0.5, 0.6) is 0 Å². The third-order valence-corrected chi connectivity index (χ3v) is 4.26. The van der Waals surface area contributed by atoms with Gasteiger partial charge < -0.3 is 15.0 Å². The van der Waals surface area contributed by atoms with Gasteiger partial charge in [-0.25, -0.2) is 9.97 Å². The molecule has 0 aliphatic carbocycles. The Morgan fingerprint density at radius 2 is 2.14 bits per heavy atom. The minimum Gasteiger partial charge on any atom is -0.379 e. The van der Waals surface area contributed by atoms with Crippen molar-refractivity contribution in [1.29, 1.82) is 0 Å². The maximum atomic E-state index is 5.44. The van der Waals surface area contributed by atoms with Crippen molar-refractivity contribution < 1.29 is 4.74 Å². The van der Waals surface area contributed by atoms with Crippen molar-refractivity contribution >= 4 is 11.6 Å². The van der Waals surface area contributed by atoms with Gasteiger partial charge in [0, 0.05) is 44.8 Å². The lowest BCUT2D eigenvalue weighted by molar-refractivity contribution is 0.0209. The lowest BCUT2D eigenvalue weighted by Gasteiger charge is -2.32. The summed E-state index contributed by atoms with van der Waals surface area (Å²) >= 11 is 0. The summed E-state index contributed by atoms with van der Waals surface area (Å²) < 4.78 is 5.44. The first-order chi connectivity index (χ1) is 10.4. The molecule has 21 heavy (non-hydrogen) atoms. The van der Waals surface area contributed by atoms with Gasteiger partial charge in [-0.1, -0.05) is 6.92 Å². The highest BCUT2D eigenvalue weighted by Gasteiger charge is 2.29. The van der Waals surface area contributed by atoms with E-state index in [0.717, 1.165) is 64.0 Å². The zero-order valence-electron chi connectivity index (χ0n) is 12.8. The standard InChI is InChI=1S/C15H25N5O/c1-2-4-16-14-10-15(18-12-17-14)20-5-3-13(11-20)19-6-8-21-9-7-19/h10,12-13H,2-9,11H2,1H3,(H,16,17,18). The van der Waals surface area contributed by atoms with Gasteiger partial charge in [-0.15, -0.1) is 0 Å². The summed E-state index contributed by atoms with van der Waals surface area (Å²) in [6.45, 7) is 9.10. The molecule has 2 fully saturated rings. The van der Waals surface area contributed by atoms with E-state index in [4.69, 9.17) is 4.74 Å². The Morgan fingerprint density at radius 3 is 2.95 bits per heavy atom. The molecule has 1 unspecified atom stereocenters. The molecule has 1 atom stereocenters. The summed E-state index contributed by atoms with van der Waals surface area (Å²) in [5, 5.41) is 3.33. The Bertz CT molecular complexity index is 449. The van der Waals surface area contributed by atoms with Gasteiger partial charge in [0.2, 0.25) is 0 Å². The second kappa shape index (κ2) is 7.04. The van der Waals surface area contributed by atoms with Crippen LogP contribution >= 0.6 is 0 Å². The highest BCUT2D eigenvalue weighted by molar-refractivity contribution is 5.49. The fourth-order valence-corrected chi connectivity index (χ4v) is 3.06. The second-order valence-corrected chi connectivity index (χ2v) is 5.73. The van der Waals surface area contributed by atoms with Gasteiger partial charge >= 0.3 is 0 Å². The molecule has 2 aliphatic rings. The average molecular weight is 291 g/mol. The molecule has 1 N–H and O–H groups in total. The van der Waals surface area contributed by atoms with Crippen LogP contribution in [0.4, 0.5) is 11.6 Å². The van der Waals surface area contributed by atoms with Gasteiger partial charge in [-0.2, -0.15) is 0 Å². The van der Waals surface area contributed by atoms with Crippen LogP contribution in [-0.4, -0.2) is 66.8 Å². The topological polar surface area (TPSA) is 53.5 Å². The lowest BCUT2D eigenvalue weighted by atomic mass is 10.2. The summed E-state index contributed by atoms with van der Waals surface area (Å²) in [6, 6.07) is 2.70. The van der Waals surface area contributed by atoms with Crippen LogP contribution in [0.1, 0.15) is 19.8 Å². The van der Waals surface area contributed by atoms with Gasteiger partial charge in [0.25, 0.3) is 0 Å². The summed E-state index contributed by atoms with van der Waals surface area (Å²) in [4.78, 5) is 13.7. The van der Waals surface area contributed by atoms with Crippen LogP contribution in [0.25, 0.3) is 0 Å². The first-order valence-corrected chi connectivity index (χ1v) is 7.99. The van der Waals surface area contributed by atoms with Crippen LogP contribution in [0.2, 0.25) is 0 Å². The second-order valence-electron chi connectivity index (χ2n) is 5.73. The molecule has 0 spiro atoms. The molecule has 0 radical (unpaired) electrons. The molecule has 1 aromatic rings. The monoisotopic (exact) mass is 291 g/mol. The Kier molecular flexibility index (Phi) is 4.87. The fourth-order valence-electron chi connectivity index (χ4n) is 3.06. The number of anilines is 2. The molecule has 6 heteroatoms. The largest absolute Gasteiger partial charge is 0.379 e. The van der Waals surface area contributed by atoms with Crippen molar-refractivity contribution in [3.8, 4) is 0 Å². The van der Waals surface area contributed by atoms with Gasteiger partial charge in [0.1, 0.15) is 18.0 Å². The molecule has 6 nitrogen and oxygen atoms in total. The number of hydrogen-bond acceptors (Lipinski definition) is 6. The van der Waals surface area contributed by atoms with Crippen molar-refractivity contribution in [2.75, 3.05) is 56.2 Å². The molecular formula is C15H25N5O. The normalized spacial score (nSPS) is 23.5. The van der Waals surface area contributed by atoms with Gasteiger partial charge in [-0.3, -0.25) is 4.90 Å². The quantitative estimate of drug-likeness (QED) is 0.880. The van der Waals surface area contributed by atoms with Gasteiger partial charge in [0.15, 0.2) is 0 Å². The van der Waals surface area contributed by atoms with E-state index in [-0.39, 0.29) is 0 Å². The van der Waals surface area contributed by atoms with Crippen LogP contribution in [0, 0.1) is 0 Å². The third-order valence-electron chi connectivity index (χ3n) is 4.26. The maximum Gasteiger partial charge on any atom is 0.134 e. The third kappa shape index (κ3) is 3.63. The van der Waals surface area contributed by atoms with E-state index < -0.39 is 0 Å². The summed E-state index contributed by atoms with van der Waals surface area (Å²) in [6.07, 6.45) is 3.97. The number of nitrogens with one attached hydrogen (secondary N) is 1. The van der Waals surface area contributed by atoms with Crippen LogP contribution in [0.3, 0.4) is 0 Å². The SMILES string of the molecule is CCCNc1cc(N2CCC(N3CCOCC3)C2)ncn1. The predicted molar refractivity (Wildman–Crippen MR) is 83.8 cm³/mol. The van der Waals surface area contributed by atoms with Crippen molar-refractivity contribution in [3.63, 3.8) is 0 Å². The first kappa shape index (κ1) is 14.5. The highest BCUT2D eigenvalue weighted by atomic mass is 16.5. The number of morpholine rings is 1. The molecule has 2 saturated heterocycles. The molecule has 3 heterocycles. The molecule has 3 rings (SSSR count). The minimum atomic E-state index is 0.635. The van der Waals surface area contributed by atoms with Crippen molar-refractivity contribution in [2.45, 2.75) is 25.8 Å². The zero-order valence-corrected chi connectivity index (χ0v) is 12.8. The molecule has 116 valence electrons. The van der Waals surface area contributed by atoms with Crippen molar-refractivity contribution in [1.82, 2.24) is 14.9 Å². The van der Waals surface area contributed by atoms with E-state index in [2.05, 4.69) is 38.1 Å². The van der Waals surface area contributed by atoms with Crippen LogP contribution < -0.4 is 10.2 Å². The Balaban J connectivity index is 1.60. The molecule has 0 bridgehead atoms. The van der Waals surface area contributed by atoms with Gasteiger partial charge in [-0.05, 0) is 12.8 Å². The molecule has 1 aromatic heterocycles. The Labute approximate surface area is 126 Å². The lowest BCUT2D eigenvalue weighted by Crippen LogP contribution is -2.44. The highest BCUT2D eigenvalue weighted by Crippen LogP contribution is 2.23. The number of hydrogen-bond donors (Lipinski definition) is 1. The Hall–Kier alpha value is -1.40. The first-order valence-electron chi connectivity index (χ1n) is 7.99. The van der Waals surface area contributed by atoms with Crippen molar-refractivity contribution in [2.24, 2.45) is 0 Å². The number of rotatable bonds is 5. The maximum absolute atomic E-state index is 5.44. The summed E-state index contributed by atoms with van der Waals surface area (Å²) in [5.41, 5.74) is 0. The van der Waals surface area contributed by atoms with Crippen LogP contribution in [0.15, 0.2) is 12.4 Å². The molecule has 0 saturated carbocycles. The molecule has 0 amide bonds. The zero-order chi connectivity index (χ0) is 14.5. The fraction of sp³-hybridized carbons (Fsp3) is 0.733.